The summed E-state index contributed by atoms with van der Waals surface area (Å²) in [5, 5.41) is 8.88. The van der Waals surface area contributed by atoms with E-state index >= 15 is 0 Å². The Morgan fingerprint density at radius 3 is 2.62 bits per heavy atom. The molecule has 0 amide bonds. The molecule has 1 aliphatic heterocycles. The molecule has 24 heavy (non-hydrogen) atoms. The van der Waals surface area contributed by atoms with Crippen LogP contribution in [0, 0.1) is 0 Å². The highest BCUT2D eigenvalue weighted by Gasteiger charge is 2.28. The van der Waals surface area contributed by atoms with Crippen LogP contribution >= 0.6 is 15.9 Å². The second-order valence-corrected chi connectivity index (χ2v) is 6.16. The molecule has 0 bridgehead atoms. The number of hydrogen-bond donors (Lipinski definition) is 1. The molecule has 0 spiro atoms. The number of carbonyl (C=O) groups is 2. The molecule has 6 heteroatoms. The summed E-state index contributed by atoms with van der Waals surface area (Å²) >= 11 is 3.36. The molecule has 1 atom stereocenters. The average molecular weight is 389 g/mol. The minimum atomic E-state index is -1.07. The third-order valence-electron chi connectivity index (χ3n) is 3.47. The second kappa shape index (κ2) is 6.49. The highest BCUT2D eigenvalue weighted by molar-refractivity contribution is 9.10. The van der Waals surface area contributed by atoms with Crippen molar-refractivity contribution >= 4 is 33.8 Å². The summed E-state index contributed by atoms with van der Waals surface area (Å²) in [5.74, 6) is -0.371. The second-order valence-electron chi connectivity index (χ2n) is 5.25. The van der Waals surface area contributed by atoms with E-state index in [9.17, 15) is 9.59 Å². The molecule has 1 heterocycles. The van der Waals surface area contributed by atoms with Crippen LogP contribution in [0.5, 0.6) is 11.5 Å². The van der Waals surface area contributed by atoms with Crippen molar-refractivity contribution in [2.24, 2.45) is 0 Å². The van der Waals surface area contributed by atoms with Crippen molar-refractivity contribution in [2.45, 2.75) is 13.0 Å². The number of ether oxygens (including phenoxy) is 2. The van der Waals surface area contributed by atoms with E-state index in [0.29, 0.717) is 17.1 Å². The summed E-state index contributed by atoms with van der Waals surface area (Å²) in [5.41, 5.74) is 1.26. The lowest BCUT2D eigenvalue weighted by molar-refractivity contribution is -0.144. The lowest BCUT2D eigenvalue weighted by atomic mass is 10.1. The first-order valence-corrected chi connectivity index (χ1v) is 7.96. The van der Waals surface area contributed by atoms with Gasteiger partial charge in [-0.2, -0.15) is 0 Å². The molecule has 5 nitrogen and oxygen atoms in total. The van der Waals surface area contributed by atoms with Gasteiger partial charge in [-0.3, -0.25) is 4.79 Å². The zero-order chi connectivity index (χ0) is 17.3. The number of rotatable bonds is 4. The van der Waals surface area contributed by atoms with Gasteiger partial charge in [0, 0.05) is 10.5 Å². The zero-order valence-electron chi connectivity index (χ0n) is 12.7. The number of carboxylic acid groups (broad SMARTS) is 1. The number of halogens is 1. The Morgan fingerprint density at radius 1 is 1.25 bits per heavy atom. The maximum Gasteiger partial charge on any atom is 0.344 e. The molecule has 0 aliphatic carbocycles. The Kier molecular flexibility index (Phi) is 4.40. The van der Waals surface area contributed by atoms with Crippen LogP contribution < -0.4 is 9.47 Å². The number of aliphatic carboxylic acids is 1. The van der Waals surface area contributed by atoms with E-state index in [0.717, 1.165) is 10.0 Å². The molecular formula is C18H13BrO5. The van der Waals surface area contributed by atoms with Crippen molar-refractivity contribution in [3.05, 3.63) is 63.8 Å². The van der Waals surface area contributed by atoms with Gasteiger partial charge in [-0.05, 0) is 42.8 Å². The summed E-state index contributed by atoms with van der Waals surface area (Å²) in [6, 6.07) is 12.1. The number of Topliss-reactive ketones (excluding diaryl/α,β-unsaturated/α-hetero) is 1. The maximum atomic E-state index is 12.4. The SMILES string of the molecule is C[C@H](Oc1ccc2c(c1)OC(=Cc1ccc(Br)cc1)C2=O)C(=O)O. The third-order valence-corrected chi connectivity index (χ3v) is 4.00. The van der Waals surface area contributed by atoms with Crippen molar-refractivity contribution in [3.8, 4) is 11.5 Å². The topological polar surface area (TPSA) is 72.8 Å². The zero-order valence-corrected chi connectivity index (χ0v) is 14.2. The largest absolute Gasteiger partial charge is 0.479 e. The molecule has 2 aromatic rings. The van der Waals surface area contributed by atoms with E-state index in [-0.39, 0.29) is 11.5 Å². The molecule has 2 aromatic carbocycles. The standard InChI is InChI=1S/C18H13BrO5/c1-10(18(21)22)23-13-6-7-14-15(9-13)24-16(17(14)20)8-11-2-4-12(19)5-3-11/h2-10H,1H3,(H,21,22)/t10-/m0/s1. The molecule has 1 aliphatic rings. The van der Waals surface area contributed by atoms with Crippen LogP contribution in [0.15, 0.2) is 52.7 Å². The number of carbonyl (C=O) groups excluding carboxylic acids is 1. The van der Waals surface area contributed by atoms with Crippen molar-refractivity contribution in [3.63, 3.8) is 0 Å². The highest BCUT2D eigenvalue weighted by Crippen LogP contribution is 2.35. The minimum absolute atomic E-state index is 0.217. The van der Waals surface area contributed by atoms with Crippen LogP contribution in [0.2, 0.25) is 0 Å². The molecule has 1 N–H and O–H groups in total. The Bertz CT molecular complexity index is 839. The van der Waals surface area contributed by atoms with Gasteiger partial charge in [-0.25, -0.2) is 4.79 Å². The number of fused-ring (bicyclic) bond motifs is 1. The van der Waals surface area contributed by atoms with Crippen molar-refractivity contribution in [2.75, 3.05) is 0 Å². The van der Waals surface area contributed by atoms with Gasteiger partial charge >= 0.3 is 5.97 Å². The Morgan fingerprint density at radius 2 is 1.96 bits per heavy atom. The molecule has 3 rings (SSSR count). The van der Waals surface area contributed by atoms with Gasteiger partial charge in [-0.15, -0.1) is 0 Å². The van der Waals surface area contributed by atoms with Gasteiger partial charge in [0.2, 0.25) is 5.78 Å². The predicted octanol–water partition coefficient (Wildman–Crippen LogP) is 3.92. The maximum absolute atomic E-state index is 12.4. The minimum Gasteiger partial charge on any atom is -0.479 e. The Balaban J connectivity index is 1.84. The number of ketones is 1. The molecule has 0 saturated heterocycles. The molecule has 0 radical (unpaired) electrons. The lowest BCUT2D eigenvalue weighted by Crippen LogP contribution is -2.22. The highest BCUT2D eigenvalue weighted by atomic mass is 79.9. The fraction of sp³-hybridized carbons (Fsp3) is 0.111. The lowest BCUT2D eigenvalue weighted by Gasteiger charge is -2.10. The van der Waals surface area contributed by atoms with Crippen molar-refractivity contribution in [1.82, 2.24) is 0 Å². The van der Waals surface area contributed by atoms with Crippen LogP contribution in [-0.2, 0) is 4.79 Å². The predicted molar refractivity (Wildman–Crippen MR) is 91.2 cm³/mol. The van der Waals surface area contributed by atoms with Gasteiger partial charge in [0.1, 0.15) is 11.5 Å². The van der Waals surface area contributed by atoms with Crippen molar-refractivity contribution in [1.29, 1.82) is 0 Å². The average Bonchev–Trinajstić information content (AvgIpc) is 2.85. The first-order chi connectivity index (χ1) is 11.4. The summed E-state index contributed by atoms with van der Waals surface area (Å²) in [6.45, 7) is 1.43. The third kappa shape index (κ3) is 3.33. The van der Waals surface area contributed by atoms with E-state index in [1.54, 1.807) is 18.2 Å². The van der Waals surface area contributed by atoms with Gasteiger partial charge < -0.3 is 14.6 Å². The van der Waals surface area contributed by atoms with Crippen LogP contribution in [0.25, 0.3) is 6.08 Å². The number of allylic oxidation sites excluding steroid dienone is 1. The molecule has 122 valence electrons. The van der Waals surface area contributed by atoms with E-state index in [1.807, 2.05) is 24.3 Å². The smallest absolute Gasteiger partial charge is 0.344 e. The summed E-state index contributed by atoms with van der Waals surface area (Å²) in [4.78, 5) is 23.2. The van der Waals surface area contributed by atoms with Crippen LogP contribution in [0.3, 0.4) is 0 Å². The van der Waals surface area contributed by atoms with Crippen LogP contribution in [0.4, 0.5) is 0 Å². The van der Waals surface area contributed by atoms with Gasteiger partial charge in [0.25, 0.3) is 0 Å². The monoisotopic (exact) mass is 388 g/mol. The van der Waals surface area contributed by atoms with E-state index in [1.165, 1.54) is 13.0 Å². The van der Waals surface area contributed by atoms with E-state index in [4.69, 9.17) is 14.6 Å². The first kappa shape index (κ1) is 16.3. The van der Waals surface area contributed by atoms with Crippen molar-refractivity contribution < 1.29 is 24.2 Å². The molecular weight excluding hydrogens is 376 g/mol. The summed E-state index contributed by atoms with van der Waals surface area (Å²) < 4.78 is 11.8. The quantitative estimate of drug-likeness (QED) is 0.803. The fourth-order valence-corrected chi connectivity index (χ4v) is 2.47. The van der Waals surface area contributed by atoms with E-state index < -0.39 is 12.1 Å². The van der Waals surface area contributed by atoms with Crippen LogP contribution in [-0.4, -0.2) is 23.0 Å². The Hall–Kier alpha value is -2.60. The number of hydrogen-bond acceptors (Lipinski definition) is 4. The van der Waals surface area contributed by atoms with Gasteiger partial charge in [-0.1, -0.05) is 28.1 Å². The summed E-state index contributed by atoms with van der Waals surface area (Å²) in [6.07, 6.45) is 0.674. The number of benzene rings is 2. The molecule has 0 aromatic heterocycles. The fourth-order valence-electron chi connectivity index (χ4n) is 2.21. The van der Waals surface area contributed by atoms with Gasteiger partial charge in [0.15, 0.2) is 11.9 Å². The molecule has 0 unspecified atom stereocenters. The normalized spacial score (nSPS) is 15.8. The Labute approximate surface area is 146 Å². The molecule has 0 saturated carbocycles. The van der Waals surface area contributed by atoms with E-state index in [2.05, 4.69) is 15.9 Å². The summed E-state index contributed by atoms with van der Waals surface area (Å²) in [7, 11) is 0. The number of carboxylic acids is 1. The van der Waals surface area contributed by atoms with Gasteiger partial charge in [0.05, 0.1) is 5.56 Å². The molecule has 0 fully saturated rings. The first-order valence-electron chi connectivity index (χ1n) is 7.17. The van der Waals surface area contributed by atoms with Crippen LogP contribution in [0.1, 0.15) is 22.8 Å².